The summed E-state index contributed by atoms with van der Waals surface area (Å²) in [6, 6.07) is 15.9. The molecule has 0 saturated carbocycles. The van der Waals surface area contributed by atoms with Gasteiger partial charge in [-0.2, -0.15) is 43.2 Å². The molecule has 236 valence electrons. The molecule has 0 aromatic heterocycles. The molecule has 3 aromatic carbocycles. The van der Waals surface area contributed by atoms with Gasteiger partial charge in [0.25, 0.3) is 20.2 Å². The van der Waals surface area contributed by atoms with Gasteiger partial charge in [0.15, 0.2) is 12.2 Å². The topological polar surface area (TPSA) is 127 Å². The van der Waals surface area contributed by atoms with E-state index >= 15 is 0 Å². The van der Waals surface area contributed by atoms with Gasteiger partial charge in [-0.15, -0.1) is 0 Å². The normalized spacial score (nSPS) is 19.4. The first-order valence-corrected chi connectivity index (χ1v) is 15.9. The van der Waals surface area contributed by atoms with Crippen molar-refractivity contribution >= 4 is 26.3 Å². The van der Waals surface area contributed by atoms with E-state index < -0.39 is 68.5 Å². The second-order valence-corrected chi connectivity index (χ2v) is 13.2. The van der Waals surface area contributed by atoms with Crippen LogP contribution in [0.4, 0.5) is 26.3 Å². The zero-order valence-corrected chi connectivity index (χ0v) is 23.7. The number of alkyl halides is 6. The molecule has 44 heavy (non-hydrogen) atoms. The lowest BCUT2D eigenvalue weighted by molar-refractivity contribution is -0.222. The average Bonchev–Trinajstić information content (AvgIpc) is 3.43. The smallest absolute Gasteiger partial charge is 0.356 e. The minimum Gasteiger partial charge on any atom is -0.356 e. The van der Waals surface area contributed by atoms with Crippen LogP contribution in [0.1, 0.15) is 34.5 Å². The Morgan fingerprint density at radius 3 is 1.84 bits per heavy atom. The molecule has 0 bridgehead atoms. The van der Waals surface area contributed by atoms with Gasteiger partial charge in [0.2, 0.25) is 0 Å². The molecule has 0 fully saturated rings. The van der Waals surface area contributed by atoms with Crippen LogP contribution < -0.4 is 0 Å². The summed E-state index contributed by atoms with van der Waals surface area (Å²) in [5.41, 5.74) is 3.47. The Labute approximate surface area is 247 Å². The lowest BCUT2D eigenvalue weighted by Crippen LogP contribution is -2.38. The van der Waals surface area contributed by atoms with Crippen molar-refractivity contribution in [1.82, 2.24) is 0 Å². The van der Waals surface area contributed by atoms with Gasteiger partial charge in [-0.3, -0.25) is 9.11 Å². The molecule has 4 atom stereocenters. The summed E-state index contributed by atoms with van der Waals surface area (Å²) >= 11 is 0. The lowest BCUT2D eigenvalue weighted by atomic mass is 9.96. The second kappa shape index (κ2) is 11.3. The molecular formula is C28H22F6O8S2. The van der Waals surface area contributed by atoms with Crippen molar-refractivity contribution in [3.05, 3.63) is 89.0 Å². The van der Waals surface area contributed by atoms with Crippen LogP contribution in [-0.4, -0.2) is 62.0 Å². The van der Waals surface area contributed by atoms with E-state index in [1.54, 1.807) is 42.5 Å². The SMILES string of the molecule is O=S(=O)(O)CC(OC1C=Cc2cc(-c3ccc4c(c3)C(OC(CS(=O)(=O)O)C(F)(F)F)c3ccccc3-4)ccc21)C(F)(F)F. The van der Waals surface area contributed by atoms with E-state index in [0.717, 1.165) is 0 Å². The standard InChI is InChI=1S/C28H22F6O8S2/c29-27(30,31)24(13-43(35,36)37)41-23-10-7-17-11-15(5-8-18(17)23)16-6-9-20-19-3-1-2-4-21(19)26(22(20)12-16)42-25(28(32,33)34)14-44(38,39)40/h1-12,23-26H,13-14H2,(H,35,36,37)(H,38,39,40). The van der Waals surface area contributed by atoms with E-state index in [4.69, 9.17) is 18.6 Å². The van der Waals surface area contributed by atoms with E-state index in [1.165, 1.54) is 30.4 Å². The first-order valence-electron chi connectivity index (χ1n) is 12.7. The summed E-state index contributed by atoms with van der Waals surface area (Å²) in [6.07, 6.45) is -15.7. The molecule has 0 saturated heterocycles. The van der Waals surface area contributed by atoms with Crippen LogP contribution >= 0.6 is 0 Å². The lowest BCUT2D eigenvalue weighted by Gasteiger charge is -2.25. The number of hydrogen-bond acceptors (Lipinski definition) is 6. The second-order valence-electron chi connectivity index (χ2n) is 10.2. The molecule has 0 radical (unpaired) electrons. The molecule has 0 aliphatic heterocycles. The Kier molecular flexibility index (Phi) is 8.22. The Bertz CT molecular complexity index is 1840. The largest absolute Gasteiger partial charge is 0.415 e. The first-order chi connectivity index (χ1) is 20.3. The van der Waals surface area contributed by atoms with Crippen LogP contribution in [0.3, 0.4) is 0 Å². The molecular weight excluding hydrogens is 642 g/mol. The van der Waals surface area contributed by atoms with Crippen molar-refractivity contribution < 1.29 is 61.8 Å². The molecule has 2 aliphatic rings. The Morgan fingerprint density at radius 2 is 1.23 bits per heavy atom. The average molecular weight is 665 g/mol. The van der Waals surface area contributed by atoms with E-state index in [9.17, 15) is 43.2 Å². The quantitative estimate of drug-likeness (QED) is 0.206. The third-order valence-corrected chi connectivity index (χ3v) is 8.56. The summed E-state index contributed by atoms with van der Waals surface area (Å²) in [6.45, 7) is 0. The van der Waals surface area contributed by atoms with E-state index in [-0.39, 0.29) is 5.56 Å². The predicted molar refractivity (Wildman–Crippen MR) is 146 cm³/mol. The van der Waals surface area contributed by atoms with Crippen molar-refractivity contribution in [3.8, 4) is 22.3 Å². The van der Waals surface area contributed by atoms with Gasteiger partial charge in [0, 0.05) is 0 Å². The number of benzene rings is 3. The molecule has 8 nitrogen and oxygen atoms in total. The molecule has 0 amide bonds. The van der Waals surface area contributed by atoms with Crippen molar-refractivity contribution in [3.63, 3.8) is 0 Å². The van der Waals surface area contributed by atoms with Crippen LogP contribution in [0.5, 0.6) is 0 Å². The minimum absolute atomic E-state index is 0.284. The van der Waals surface area contributed by atoms with Gasteiger partial charge < -0.3 is 9.47 Å². The number of hydrogen-bond donors (Lipinski definition) is 2. The van der Waals surface area contributed by atoms with Gasteiger partial charge >= 0.3 is 12.4 Å². The van der Waals surface area contributed by atoms with Crippen molar-refractivity contribution in [2.24, 2.45) is 0 Å². The fourth-order valence-electron chi connectivity index (χ4n) is 5.21. The highest BCUT2D eigenvalue weighted by atomic mass is 32.2. The maximum atomic E-state index is 13.8. The minimum atomic E-state index is -5.12. The molecule has 0 heterocycles. The van der Waals surface area contributed by atoms with Crippen LogP contribution in [0.15, 0.2) is 66.7 Å². The monoisotopic (exact) mass is 664 g/mol. The number of rotatable bonds is 9. The van der Waals surface area contributed by atoms with E-state index in [0.29, 0.717) is 38.9 Å². The summed E-state index contributed by atoms with van der Waals surface area (Å²) in [4.78, 5) is 0. The molecule has 0 spiro atoms. The molecule has 16 heteroatoms. The molecule has 2 aliphatic carbocycles. The van der Waals surface area contributed by atoms with E-state index in [1.807, 2.05) is 0 Å². The van der Waals surface area contributed by atoms with Crippen molar-refractivity contribution in [1.29, 1.82) is 0 Å². The summed E-state index contributed by atoms with van der Waals surface area (Å²) in [5, 5.41) is 0. The first kappa shape index (κ1) is 32.1. The summed E-state index contributed by atoms with van der Waals surface area (Å²) < 4.78 is 155. The zero-order valence-electron chi connectivity index (χ0n) is 22.1. The third kappa shape index (κ3) is 7.00. The van der Waals surface area contributed by atoms with Gasteiger partial charge in [-0.1, -0.05) is 60.7 Å². The van der Waals surface area contributed by atoms with Crippen molar-refractivity contribution in [2.45, 2.75) is 36.8 Å². The molecule has 4 unspecified atom stereocenters. The molecule has 5 rings (SSSR count). The highest BCUT2D eigenvalue weighted by Crippen LogP contribution is 2.48. The molecule has 3 aromatic rings. The predicted octanol–water partition coefficient (Wildman–Crippen LogP) is 6.16. The summed E-state index contributed by atoms with van der Waals surface area (Å²) in [7, 11) is -10.1. The van der Waals surface area contributed by atoms with Gasteiger partial charge in [-0.25, -0.2) is 0 Å². The van der Waals surface area contributed by atoms with E-state index in [2.05, 4.69) is 0 Å². The Balaban J connectivity index is 1.47. The third-order valence-electron chi connectivity index (χ3n) is 7.11. The highest BCUT2D eigenvalue weighted by molar-refractivity contribution is 7.86. The zero-order chi connectivity index (χ0) is 32.2. The number of halogens is 6. The number of fused-ring (bicyclic) bond motifs is 4. The number of ether oxygens (including phenoxy) is 2. The van der Waals surface area contributed by atoms with Gasteiger partial charge in [0.1, 0.15) is 23.7 Å². The van der Waals surface area contributed by atoms with Crippen LogP contribution in [0, 0.1) is 0 Å². The fourth-order valence-corrected chi connectivity index (χ4v) is 6.51. The van der Waals surface area contributed by atoms with Gasteiger partial charge in [-0.05, 0) is 56.6 Å². The fraction of sp³-hybridized carbons (Fsp3) is 0.286. The van der Waals surface area contributed by atoms with Crippen LogP contribution in [0.2, 0.25) is 0 Å². The summed E-state index contributed by atoms with van der Waals surface area (Å²) in [5.74, 6) is -3.39. The Morgan fingerprint density at radius 1 is 0.682 bits per heavy atom. The van der Waals surface area contributed by atoms with Gasteiger partial charge in [0.05, 0.1) is 0 Å². The Hall–Kier alpha value is -3.28. The van der Waals surface area contributed by atoms with Crippen LogP contribution in [0.25, 0.3) is 28.3 Å². The van der Waals surface area contributed by atoms with Crippen molar-refractivity contribution in [2.75, 3.05) is 11.5 Å². The maximum absolute atomic E-state index is 13.8. The highest BCUT2D eigenvalue weighted by Gasteiger charge is 2.47. The van der Waals surface area contributed by atoms with Crippen LogP contribution in [-0.2, 0) is 29.7 Å². The maximum Gasteiger partial charge on any atom is 0.415 e. The molecule has 2 N–H and O–H groups in total.